The Morgan fingerprint density at radius 3 is 1.33 bits per heavy atom. The molecule has 0 radical (unpaired) electrons. The van der Waals surface area contributed by atoms with Crippen molar-refractivity contribution in [1.82, 2.24) is 0 Å². The molecule has 1 fully saturated rings. The van der Waals surface area contributed by atoms with E-state index in [-0.39, 0.29) is 16.2 Å². The van der Waals surface area contributed by atoms with Gasteiger partial charge in [-0.15, -0.1) is 0 Å². The summed E-state index contributed by atoms with van der Waals surface area (Å²) in [5, 5.41) is 0. The fraction of sp³-hybridized carbons (Fsp3) is 0.500. The van der Waals surface area contributed by atoms with Crippen molar-refractivity contribution in [3.8, 4) is 0 Å². The summed E-state index contributed by atoms with van der Waals surface area (Å²) < 4.78 is 0. The summed E-state index contributed by atoms with van der Waals surface area (Å²) in [7, 11) is 0. The van der Waals surface area contributed by atoms with Crippen LogP contribution in [0.15, 0.2) is 60.7 Å². The van der Waals surface area contributed by atoms with Gasteiger partial charge in [-0.1, -0.05) is 108 Å². The molecule has 3 rings (SSSR count). The lowest BCUT2D eigenvalue weighted by Crippen LogP contribution is -2.54. The van der Waals surface area contributed by atoms with Crippen LogP contribution in [0.25, 0.3) is 0 Å². The van der Waals surface area contributed by atoms with Crippen molar-refractivity contribution in [3.05, 3.63) is 71.8 Å². The molecule has 0 heteroatoms. The highest BCUT2D eigenvalue weighted by molar-refractivity contribution is 5.35. The zero-order chi connectivity index (χ0) is 17.3. The second-order valence-corrected chi connectivity index (χ2v) is 8.62. The molecule has 0 nitrogen and oxygen atoms in total. The maximum atomic E-state index is 2.48. The first-order valence-corrected chi connectivity index (χ1v) is 9.53. The van der Waals surface area contributed by atoms with Gasteiger partial charge in [-0.05, 0) is 40.2 Å². The van der Waals surface area contributed by atoms with Crippen LogP contribution in [-0.4, -0.2) is 0 Å². The van der Waals surface area contributed by atoms with E-state index in [9.17, 15) is 0 Å². The third-order valence-corrected chi connectivity index (χ3v) is 7.09. The van der Waals surface area contributed by atoms with Gasteiger partial charge in [-0.3, -0.25) is 0 Å². The van der Waals surface area contributed by atoms with Crippen LogP contribution in [0.3, 0.4) is 0 Å². The Morgan fingerprint density at radius 2 is 0.958 bits per heavy atom. The Balaban J connectivity index is 2.15. The Labute approximate surface area is 148 Å². The molecule has 0 heterocycles. The highest BCUT2D eigenvalue weighted by Crippen LogP contribution is 2.61. The van der Waals surface area contributed by atoms with E-state index in [2.05, 4.69) is 88.4 Å². The summed E-state index contributed by atoms with van der Waals surface area (Å²) in [6.07, 6.45) is 6.73. The summed E-state index contributed by atoms with van der Waals surface area (Å²) in [6, 6.07) is 22.4. The van der Waals surface area contributed by atoms with Crippen molar-refractivity contribution in [2.75, 3.05) is 0 Å². The van der Waals surface area contributed by atoms with Gasteiger partial charge < -0.3 is 0 Å². The predicted octanol–water partition coefficient (Wildman–Crippen LogP) is 6.89. The van der Waals surface area contributed by atoms with E-state index in [1.165, 1.54) is 43.2 Å². The quantitative estimate of drug-likeness (QED) is 0.575. The minimum absolute atomic E-state index is 0.147. The third kappa shape index (κ3) is 2.61. The van der Waals surface area contributed by atoms with Crippen LogP contribution in [0, 0.1) is 5.41 Å². The maximum Gasteiger partial charge on any atom is -0.00389 e. The van der Waals surface area contributed by atoms with E-state index in [0.29, 0.717) is 0 Å². The highest BCUT2D eigenvalue weighted by Gasteiger charge is 2.55. The summed E-state index contributed by atoms with van der Waals surface area (Å²) in [5.41, 5.74) is 3.54. The lowest BCUT2D eigenvalue weighted by Gasteiger charge is -2.59. The van der Waals surface area contributed by atoms with Crippen LogP contribution in [0.5, 0.6) is 0 Å². The Bertz CT molecular complexity index is 589. The topological polar surface area (TPSA) is 0 Å². The van der Waals surface area contributed by atoms with E-state index in [4.69, 9.17) is 0 Å². The van der Waals surface area contributed by atoms with Crippen LogP contribution in [0.4, 0.5) is 0 Å². The van der Waals surface area contributed by atoms with Crippen LogP contribution in [-0.2, 0) is 10.8 Å². The minimum atomic E-state index is 0.147. The third-order valence-electron chi connectivity index (χ3n) is 7.09. The zero-order valence-electron chi connectivity index (χ0n) is 15.8. The van der Waals surface area contributed by atoms with E-state index in [1.54, 1.807) is 0 Å². The summed E-state index contributed by atoms with van der Waals surface area (Å²) in [6.45, 7) is 9.94. The number of benzene rings is 2. The van der Waals surface area contributed by atoms with Gasteiger partial charge >= 0.3 is 0 Å². The second kappa shape index (κ2) is 6.39. The van der Waals surface area contributed by atoms with Crippen LogP contribution in [0.1, 0.15) is 70.9 Å². The normalized spacial score (nSPS) is 18.3. The molecule has 0 aromatic heterocycles. The molecular formula is C24H32. The molecule has 1 aliphatic carbocycles. The van der Waals surface area contributed by atoms with Crippen LogP contribution < -0.4 is 0 Å². The molecule has 0 spiro atoms. The van der Waals surface area contributed by atoms with Gasteiger partial charge in [0.25, 0.3) is 0 Å². The molecule has 0 atom stereocenters. The standard InChI is InChI=1S/C24H32/c1-22(2,20-14-8-5-9-15-20)24(18-12-7-13-19-24)23(3,4)21-16-10-6-11-17-21/h5-6,8-11,14-17H,7,12-13,18-19H2,1-4H3. The molecule has 0 saturated heterocycles. The highest BCUT2D eigenvalue weighted by atomic mass is 14.6. The Kier molecular flexibility index (Phi) is 4.60. The minimum Gasteiger partial charge on any atom is -0.0622 e. The first kappa shape index (κ1) is 17.3. The van der Waals surface area contributed by atoms with Crippen molar-refractivity contribution < 1.29 is 0 Å². The molecule has 128 valence electrons. The van der Waals surface area contributed by atoms with Crippen LogP contribution >= 0.6 is 0 Å². The molecular weight excluding hydrogens is 288 g/mol. The number of rotatable bonds is 4. The van der Waals surface area contributed by atoms with Crippen LogP contribution in [0.2, 0.25) is 0 Å². The number of hydrogen-bond acceptors (Lipinski definition) is 0. The Hall–Kier alpha value is -1.56. The summed E-state index contributed by atoms with van der Waals surface area (Å²) in [5.74, 6) is 0. The summed E-state index contributed by atoms with van der Waals surface area (Å²) >= 11 is 0. The van der Waals surface area contributed by atoms with Crippen molar-refractivity contribution in [1.29, 1.82) is 0 Å². The lowest BCUT2D eigenvalue weighted by molar-refractivity contribution is 0.00546. The molecule has 2 aromatic rings. The average molecular weight is 321 g/mol. The Morgan fingerprint density at radius 1 is 0.583 bits per heavy atom. The van der Waals surface area contributed by atoms with Crippen molar-refractivity contribution in [2.24, 2.45) is 5.41 Å². The SMILES string of the molecule is CC(C)(c1ccccc1)C1(C(C)(C)c2ccccc2)CCCCC1. The molecule has 0 aliphatic heterocycles. The maximum absolute atomic E-state index is 2.48. The molecule has 0 unspecified atom stereocenters. The van der Waals surface area contributed by atoms with E-state index in [0.717, 1.165) is 0 Å². The largest absolute Gasteiger partial charge is 0.0622 e. The first-order chi connectivity index (χ1) is 11.4. The second-order valence-electron chi connectivity index (χ2n) is 8.62. The van der Waals surface area contributed by atoms with Gasteiger partial charge in [0.05, 0.1) is 0 Å². The van der Waals surface area contributed by atoms with Gasteiger partial charge in [0.15, 0.2) is 0 Å². The predicted molar refractivity (Wildman–Crippen MR) is 104 cm³/mol. The van der Waals surface area contributed by atoms with Crippen molar-refractivity contribution in [3.63, 3.8) is 0 Å². The van der Waals surface area contributed by atoms with Gasteiger partial charge in [-0.2, -0.15) is 0 Å². The molecule has 0 amide bonds. The molecule has 2 aromatic carbocycles. The van der Waals surface area contributed by atoms with E-state index in [1.807, 2.05) is 0 Å². The molecule has 0 bridgehead atoms. The van der Waals surface area contributed by atoms with E-state index < -0.39 is 0 Å². The monoisotopic (exact) mass is 320 g/mol. The molecule has 1 saturated carbocycles. The average Bonchev–Trinajstić information content (AvgIpc) is 2.63. The van der Waals surface area contributed by atoms with Gasteiger partial charge in [0.2, 0.25) is 0 Å². The van der Waals surface area contributed by atoms with Gasteiger partial charge in [0.1, 0.15) is 0 Å². The van der Waals surface area contributed by atoms with Gasteiger partial charge in [0, 0.05) is 0 Å². The molecule has 24 heavy (non-hydrogen) atoms. The number of hydrogen-bond donors (Lipinski definition) is 0. The fourth-order valence-electron chi connectivity index (χ4n) is 5.45. The zero-order valence-corrected chi connectivity index (χ0v) is 15.8. The molecule has 1 aliphatic rings. The van der Waals surface area contributed by atoms with Crippen molar-refractivity contribution >= 4 is 0 Å². The van der Waals surface area contributed by atoms with Crippen molar-refractivity contribution in [2.45, 2.75) is 70.6 Å². The van der Waals surface area contributed by atoms with E-state index >= 15 is 0 Å². The fourth-order valence-corrected chi connectivity index (χ4v) is 5.45. The lowest BCUT2D eigenvalue weighted by atomic mass is 9.45. The molecule has 0 N–H and O–H groups in total. The first-order valence-electron chi connectivity index (χ1n) is 9.53. The summed E-state index contributed by atoms with van der Waals surface area (Å²) in [4.78, 5) is 0. The smallest absolute Gasteiger partial charge is 0.00389 e. The van der Waals surface area contributed by atoms with Gasteiger partial charge in [-0.25, -0.2) is 0 Å².